The minimum Gasteiger partial charge on any atom is -0.508 e. The minimum absolute atomic E-state index is 0. The molecule has 4 heterocycles. The van der Waals surface area contributed by atoms with Gasteiger partial charge in [-0.3, -0.25) is 4.57 Å². The molecule has 0 atom stereocenters. The zero-order chi connectivity index (χ0) is 43.5. The molecule has 320 valence electrons. The fraction of sp³-hybridized carbons (Fsp3) is 0.175. The van der Waals surface area contributed by atoms with Crippen LogP contribution >= 0.6 is 0 Å². The Balaban J connectivity index is 0.00000518. The third-order valence-electron chi connectivity index (χ3n) is 12.7. The van der Waals surface area contributed by atoms with Gasteiger partial charge in [-0.25, -0.2) is 4.98 Å². The number of benzene rings is 6. The summed E-state index contributed by atoms with van der Waals surface area (Å²) in [4.78, 5) is 9.51. The van der Waals surface area contributed by atoms with Crippen molar-refractivity contribution in [2.45, 2.75) is 64.7 Å². The third-order valence-corrected chi connectivity index (χ3v) is 12.7. The first-order valence-corrected chi connectivity index (χ1v) is 21.6. The number of pyridine rings is 2. The molecular formula is C57H49N5OPt-2. The maximum absolute atomic E-state index is 6.57. The molecule has 4 aromatic heterocycles. The summed E-state index contributed by atoms with van der Waals surface area (Å²) < 4.78 is 12.9. The second-order valence-electron chi connectivity index (χ2n) is 18.5. The van der Waals surface area contributed by atoms with E-state index in [2.05, 4.69) is 227 Å². The van der Waals surface area contributed by atoms with Gasteiger partial charge >= 0.3 is 0 Å². The van der Waals surface area contributed by atoms with Crippen molar-refractivity contribution in [1.29, 1.82) is 0 Å². The van der Waals surface area contributed by atoms with E-state index in [1.807, 2.05) is 16.8 Å². The smallest absolute Gasteiger partial charge is 0.268 e. The summed E-state index contributed by atoms with van der Waals surface area (Å²) in [5.41, 5.74) is 11.2. The molecule has 0 aliphatic carbocycles. The van der Waals surface area contributed by atoms with Gasteiger partial charge in [-0.2, -0.15) is 6.07 Å². The molecule has 0 bridgehead atoms. The van der Waals surface area contributed by atoms with Crippen molar-refractivity contribution in [2.75, 3.05) is 0 Å². The van der Waals surface area contributed by atoms with Crippen molar-refractivity contribution >= 4 is 32.8 Å². The van der Waals surface area contributed by atoms with E-state index in [1.54, 1.807) is 12.4 Å². The second kappa shape index (κ2) is 16.5. The maximum Gasteiger partial charge on any atom is 0.268 e. The quantitative estimate of drug-likeness (QED) is 0.107. The molecule has 6 nitrogen and oxygen atoms in total. The van der Waals surface area contributed by atoms with Gasteiger partial charge in [0.1, 0.15) is 5.82 Å². The van der Waals surface area contributed by atoms with Crippen LogP contribution < -0.4 is 9.30 Å². The Morgan fingerprint density at radius 3 is 1.84 bits per heavy atom. The first-order valence-electron chi connectivity index (χ1n) is 21.6. The van der Waals surface area contributed by atoms with Crippen molar-refractivity contribution in [1.82, 2.24) is 19.1 Å². The summed E-state index contributed by atoms with van der Waals surface area (Å²) in [7, 11) is 0. The van der Waals surface area contributed by atoms with Crippen molar-refractivity contribution in [3.8, 4) is 28.7 Å². The van der Waals surface area contributed by atoms with E-state index in [9.17, 15) is 0 Å². The average molecular weight is 1020 g/mol. The van der Waals surface area contributed by atoms with Crippen LogP contribution in [-0.4, -0.2) is 19.1 Å². The van der Waals surface area contributed by atoms with Crippen LogP contribution in [0.1, 0.15) is 76.3 Å². The van der Waals surface area contributed by atoms with Crippen molar-refractivity contribution in [2.24, 2.45) is 0 Å². The standard InChI is InChI=1S/C57H49N5O.Pt/c1-55(2,3)41-28-29-59-54(33-41)62-50-23-15-14-22-48(50)49-27-26-46(35-53(49)62)63-47-34-45(36-58-37-47)61-38-60(51-24-16-17-25-52(51)61)44-31-42(56(4,5)39-18-10-8-11-19-39)30-43(32-44)57(6,7)40-20-12-9-13-21-40;/h8-33,36-37H,1-7H3;/q-2;. The first-order chi connectivity index (χ1) is 30.4. The van der Waals surface area contributed by atoms with Crippen LogP contribution in [0.25, 0.3) is 50.0 Å². The molecule has 7 heteroatoms. The van der Waals surface area contributed by atoms with Gasteiger partial charge in [-0.05, 0) is 80.8 Å². The van der Waals surface area contributed by atoms with Crippen LogP contribution in [0, 0.1) is 18.5 Å². The number of ether oxygens (including phenoxy) is 1. The van der Waals surface area contributed by atoms with E-state index < -0.39 is 0 Å². The Labute approximate surface area is 390 Å². The van der Waals surface area contributed by atoms with Crippen LogP contribution in [0.2, 0.25) is 0 Å². The topological polar surface area (TPSA) is 48.8 Å². The first kappa shape index (κ1) is 42.7. The Bertz CT molecular complexity index is 3230. The number of imidazole rings is 1. The summed E-state index contributed by atoms with van der Waals surface area (Å²) in [5.74, 6) is 1.86. The number of nitrogens with zero attached hydrogens (tertiary/aromatic N) is 5. The molecule has 0 saturated heterocycles. The van der Waals surface area contributed by atoms with Crippen molar-refractivity contribution in [3.63, 3.8) is 0 Å². The molecule has 0 N–H and O–H groups in total. The van der Waals surface area contributed by atoms with E-state index in [0.717, 1.165) is 44.3 Å². The summed E-state index contributed by atoms with van der Waals surface area (Å²) in [5, 5.41) is 2.20. The number of fused-ring (bicyclic) bond motifs is 4. The molecule has 10 rings (SSSR count). The molecule has 0 fully saturated rings. The van der Waals surface area contributed by atoms with E-state index >= 15 is 0 Å². The average Bonchev–Trinajstić information content (AvgIpc) is 3.85. The SMILES string of the molecule is CC(C)(C)c1ccnc(-n2c3[c-]c(Oc4[c-]c(-n5[c-][n+](-c6cc(C(C)(C)c7ccccc7)cc(C(C)(C)c7ccccc7)c6)c6ccccc65)cnc4)ccc3c3ccccc32)c1.[Pt]. The molecule has 0 unspecified atom stereocenters. The number of hydrogen-bond donors (Lipinski definition) is 0. The minimum atomic E-state index is -0.275. The summed E-state index contributed by atoms with van der Waals surface area (Å²) in [6.45, 7) is 15.9. The molecule has 6 aromatic carbocycles. The van der Waals surface area contributed by atoms with Gasteiger partial charge in [-0.1, -0.05) is 169 Å². The van der Waals surface area contributed by atoms with Gasteiger partial charge in [0.2, 0.25) is 0 Å². The molecule has 0 amide bonds. The molecule has 0 aliphatic rings. The molecule has 64 heavy (non-hydrogen) atoms. The van der Waals surface area contributed by atoms with Gasteiger partial charge in [0.05, 0.1) is 16.7 Å². The van der Waals surface area contributed by atoms with Crippen LogP contribution in [0.4, 0.5) is 0 Å². The fourth-order valence-electron chi connectivity index (χ4n) is 8.76. The van der Waals surface area contributed by atoms with Crippen LogP contribution in [0.5, 0.6) is 11.5 Å². The maximum atomic E-state index is 6.57. The summed E-state index contributed by atoms with van der Waals surface area (Å²) >= 11 is 0. The van der Waals surface area contributed by atoms with Crippen molar-refractivity contribution < 1.29 is 30.4 Å². The largest absolute Gasteiger partial charge is 0.508 e. The number of aromatic nitrogens is 5. The molecule has 0 aliphatic heterocycles. The van der Waals surface area contributed by atoms with E-state index in [1.165, 1.54) is 27.8 Å². The van der Waals surface area contributed by atoms with Gasteiger partial charge in [0.15, 0.2) is 0 Å². The van der Waals surface area contributed by atoms with Crippen LogP contribution in [0.15, 0.2) is 170 Å². The molecule has 0 radical (unpaired) electrons. The Hall–Kier alpha value is -6.62. The van der Waals surface area contributed by atoms with Crippen LogP contribution in [0.3, 0.4) is 0 Å². The summed E-state index contributed by atoms with van der Waals surface area (Å²) in [6.07, 6.45) is 9.10. The number of para-hydroxylation sites is 3. The van der Waals surface area contributed by atoms with Gasteiger partial charge < -0.3 is 18.9 Å². The van der Waals surface area contributed by atoms with Gasteiger partial charge in [0, 0.05) is 55.1 Å². The predicted molar refractivity (Wildman–Crippen MR) is 254 cm³/mol. The third kappa shape index (κ3) is 7.64. The monoisotopic (exact) mass is 1010 g/mol. The van der Waals surface area contributed by atoms with E-state index in [-0.39, 0.29) is 37.3 Å². The molecule has 0 saturated carbocycles. The number of hydrogen-bond acceptors (Lipinski definition) is 3. The predicted octanol–water partition coefficient (Wildman–Crippen LogP) is 12.9. The number of rotatable bonds is 9. The van der Waals surface area contributed by atoms with Gasteiger partial charge in [-0.15, -0.1) is 23.6 Å². The summed E-state index contributed by atoms with van der Waals surface area (Å²) in [6, 6.07) is 60.7. The van der Waals surface area contributed by atoms with Gasteiger partial charge in [0.25, 0.3) is 6.33 Å². The second-order valence-corrected chi connectivity index (χ2v) is 18.5. The van der Waals surface area contributed by atoms with E-state index in [0.29, 0.717) is 17.2 Å². The zero-order valence-corrected chi connectivity index (χ0v) is 39.4. The Kier molecular flexibility index (Phi) is 11.0. The molecule has 10 aromatic rings. The molecule has 0 spiro atoms. The Morgan fingerprint density at radius 1 is 0.547 bits per heavy atom. The van der Waals surface area contributed by atoms with E-state index in [4.69, 9.17) is 9.72 Å². The zero-order valence-electron chi connectivity index (χ0n) is 37.1. The normalized spacial score (nSPS) is 12.2. The Morgan fingerprint density at radius 2 is 1.17 bits per heavy atom. The fourth-order valence-corrected chi connectivity index (χ4v) is 8.76. The van der Waals surface area contributed by atoms with Crippen LogP contribution in [-0.2, 0) is 37.3 Å². The molecular weight excluding hydrogens is 966 g/mol. The van der Waals surface area contributed by atoms with Crippen molar-refractivity contribution in [3.05, 3.63) is 217 Å².